The Morgan fingerprint density at radius 3 is 2.05 bits per heavy atom. The minimum atomic E-state index is -1.93. The lowest BCUT2D eigenvalue weighted by atomic mass is 9.71. The van der Waals surface area contributed by atoms with Crippen molar-refractivity contribution in [2.75, 3.05) is 6.61 Å². The highest BCUT2D eigenvalue weighted by atomic mass is 16.5. The first kappa shape index (κ1) is 18.2. The Labute approximate surface area is 118 Å². The summed E-state index contributed by atoms with van der Waals surface area (Å²) in [6.07, 6.45) is -0.167. The monoisotopic (exact) mass is 289 g/mol. The van der Waals surface area contributed by atoms with Gasteiger partial charge in [0.15, 0.2) is 5.54 Å². The SMILES string of the molecule is CCCCOC(=O)N[C@@](CC(=O)O)(C(=O)O)C(C)(C)C. The Balaban J connectivity index is 5.16. The van der Waals surface area contributed by atoms with Crippen LogP contribution in [0.2, 0.25) is 0 Å². The highest BCUT2D eigenvalue weighted by Gasteiger charge is 2.52. The van der Waals surface area contributed by atoms with E-state index in [-0.39, 0.29) is 6.61 Å². The molecule has 0 saturated heterocycles. The van der Waals surface area contributed by atoms with Crippen molar-refractivity contribution in [1.29, 1.82) is 0 Å². The van der Waals surface area contributed by atoms with Crippen molar-refractivity contribution < 1.29 is 29.3 Å². The molecule has 0 aromatic rings. The van der Waals surface area contributed by atoms with Crippen LogP contribution in [0.5, 0.6) is 0 Å². The molecule has 20 heavy (non-hydrogen) atoms. The second kappa shape index (κ2) is 7.12. The second-order valence-corrected chi connectivity index (χ2v) is 5.65. The van der Waals surface area contributed by atoms with Crippen molar-refractivity contribution >= 4 is 18.0 Å². The Morgan fingerprint density at radius 2 is 1.70 bits per heavy atom. The van der Waals surface area contributed by atoms with E-state index in [0.717, 1.165) is 6.42 Å². The number of carboxylic acid groups (broad SMARTS) is 2. The topological polar surface area (TPSA) is 113 Å². The van der Waals surface area contributed by atoms with E-state index in [1.54, 1.807) is 20.8 Å². The number of hydrogen-bond donors (Lipinski definition) is 3. The smallest absolute Gasteiger partial charge is 0.408 e. The second-order valence-electron chi connectivity index (χ2n) is 5.65. The standard InChI is InChI=1S/C13H23NO6/c1-5-6-7-20-11(19)14-13(10(17)18,8-9(15)16)12(2,3)4/h5-8H2,1-4H3,(H,14,19)(H,15,16)(H,17,18)/t13-/m0/s1. The quantitative estimate of drug-likeness (QED) is 0.616. The summed E-state index contributed by atoms with van der Waals surface area (Å²) in [4.78, 5) is 34.2. The van der Waals surface area contributed by atoms with Gasteiger partial charge in [-0.25, -0.2) is 9.59 Å². The largest absolute Gasteiger partial charge is 0.481 e. The number of carbonyl (C=O) groups is 3. The molecule has 3 N–H and O–H groups in total. The number of amides is 1. The Hall–Kier alpha value is -1.79. The number of aliphatic carboxylic acids is 2. The van der Waals surface area contributed by atoms with Crippen LogP contribution in [0, 0.1) is 5.41 Å². The fourth-order valence-corrected chi connectivity index (χ4v) is 1.69. The van der Waals surface area contributed by atoms with Crippen molar-refractivity contribution in [3.8, 4) is 0 Å². The summed E-state index contributed by atoms with van der Waals surface area (Å²) in [5, 5.41) is 20.5. The molecule has 0 aliphatic carbocycles. The number of unbranched alkanes of at least 4 members (excludes halogenated alkanes) is 1. The Morgan fingerprint density at radius 1 is 1.15 bits per heavy atom. The maximum atomic E-state index is 11.7. The molecule has 0 heterocycles. The fourth-order valence-electron chi connectivity index (χ4n) is 1.69. The van der Waals surface area contributed by atoms with Crippen LogP contribution in [0.3, 0.4) is 0 Å². The first-order valence-electron chi connectivity index (χ1n) is 6.47. The van der Waals surface area contributed by atoms with Crippen LogP contribution in [0.4, 0.5) is 4.79 Å². The van der Waals surface area contributed by atoms with Crippen molar-refractivity contribution in [3.63, 3.8) is 0 Å². The molecule has 0 aromatic carbocycles. The van der Waals surface area contributed by atoms with E-state index in [9.17, 15) is 19.5 Å². The van der Waals surface area contributed by atoms with Gasteiger partial charge in [-0.15, -0.1) is 0 Å². The number of carboxylic acids is 2. The summed E-state index contributed by atoms with van der Waals surface area (Å²) in [6, 6.07) is 0. The van der Waals surface area contributed by atoms with Gasteiger partial charge in [0.2, 0.25) is 0 Å². The van der Waals surface area contributed by atoms with Gasteiger partial charge in [-0.05, 0) is 11.8 Å². The van der Waals surface area contributed by atoms with Gasteiger partial charge in [-0.2, -0.15) is 0 Å². The average molecular weight is 289 g/mol. The van der Waals surface area contributed by atoms with Crippen LogP contribution < -0.4 is 5.32 Å². The third kappa shape index (κ3) is 4.71. The molecule has 1 atom stereocenters. The molecule has 0 unspecified atom stereocenters. The Bertz CT molecular complexity index is 374. The van der Waals surface area contributed by atoms with Gasteiger partial charge in [0.1, 0.15) is 0 Å². The van der Waals surface area contributed by atoms with E-state index in [1.807, 2.05) is 6.92 Å². The molecular weight excluding hydrogens is 266 g/mol. The number of rotatable bonds is 7. The molecule has 116 valence electrons. The zero-order valence-corrected chi connectivity index (χ0v) is 12.4. The molecule has 0 bridgehead atoms. The molecule has 0 radical (unpaired) electrons. The molecule has 7 nitrogen and oxygen atoms in total. The van der Waals surface area contributed by atoms with Gasteiger partial charge in [0, 0.05) is 0 Å². The maximum absolute atomic E-state index is 11.7. The predicted octanol–water partition coefficient (Wildman–Crippen LogP) is 1.86. The van der Waals surface area contributed by atoms with Gasteiger partial charge in [0.25, 0.3) is 0 Å². The highest BCUT2D eigenvalue weighted by Crippen LogP contribution is 2.34. The summed E-state index contributed by atoms with van der Waals surface area (Å²) < 4.78 is 4.86. The third-order valence-corrected chi connectivity index (χ3v) is 3.11. The summed E-state index contributed by atoms with van der Waals surface area (Å²) in [5.41, 5.74) is -2.93. The zero-order valence-electron chi connectivity index (χ0n) is 12.4. The summed E-state index contributed by atoms with van der Waals surface area (Å²) >= 11 is 0. The number of carbonyl (C=O) groups excluding carboxylic acids is 1. The average Bonchev–Trinajstić information content (AvgIpc) is 2.25. The van der Waals surface area contributed by atoms with Crippen LogP contribution in [-0.4, -0.2) is 40.4 Å². The number of alkyl carbamates (subject to hydrolysis) is 1. The van der Waals surface area contributed by atoms with E-state index in [2.05, 4.69) is 5.32 Å². The first-order valence-corrected chi connectivity index (χ1v) is 6.47. The molecule has 1 amide bonds. The molecule has 0 saturated carbocycles. The summed E-state index contributed by atoms with van der Waals surface area (Å²) in [6.45, 7) is 6.74. The van der Waals surface area contributed by atoms with E-state index in [4.69, 9.17) is 9.84 Å². The summed E-state index contributed by atoms with van der Waals surface area (Å²) in [5.74, 6) is -2.71. The van der Waals surface area contributed by atoms with Crippen molar-refractivity contribution in [3.05, 3.63) is 0 Å². The van der Waals surface area contributed by atoms with Crippen molar-refractivity contribution in [1.82, 2.24) is 5.32 Å². The minimum absolute atomic E-state index is 0.162. The lowest BCUT2D eigenvalue weighted by molar-refractivity contribution is -0.156. The lowest BCUT2D eigenvalue weighted by Gasteiger charge is -2.40. The van der Waals surface area contributed by atoms with E-state index in [0.29, 0.717) is 6.42 Å². The lowest BCUT2D eigenvalue weighted by Crippen LogP contribution is -2.63. The highest BCUT2D eigenvalue weighted by molar-refractivity contribution is 5.89. The molecule has 7 heteroatoms. The fraction of sp³-hybridized carbons (Fsp3) is 0.769. The molecular formula is C13H23NO6. The molecule has 0 aliphatic rings. The van der Waals surface area contributed by atoms with E-state index in [1.165, 1.54) is 0 Å². The van der Waals surface area contributed by atoms with E-state index >= 15 is 0 Å². The van der Waals surface area contributed by atoms with Crippen molar-refractivity contribution in [2.45, 2.75) is 52.5 Å². The summed E-state index contributed by atoms with van der Waals surface area (Å²) in [7, 11) is 0. The van der Waals surface area contributed by atoms with Crippen LogP contribution in [0.1, 0.15) is 47.0 Å². The van der Waals surface area contributed by atoms with Gasteiger partial charge < -0.3 is 20.3 Å². The number of ether oxygens (including phenoxy) is 1. The third-order valence-electron chi connectivity index (χ3n) is 3.11. The molecule has 0 aliphatic heterocycles. The molecule has 0 aromatic heterocycles. The van der Waals surface area contributed by atoms with Crippen molar-refractivity contribution in [2.24, 2.45) is 5.41 Å². The minimum Gasteiger partial charge on any atom is -0.481 e. The van der Waals surface area contributed by atoms with Crippen LogP contribution in [-0.2, 0) is 14.3 Å². The number of hydrogen-bond acceptors (Lipinski definition) is 4. The first-order chi connectivity index (χ1) is 9.06. The normalized spacial score (nSPS) is 14.2. The number of nitrogens with one attached hydrogen (secondary N) is 1. The van der Waals surface area contributed by atoms with Crippen LogP contribution in [0.15, 0.2) is 0 Å². The van der Waals surface area contributed by atoms with Crippen LogP contribution >= 0.6 is 0 Å². The van der Waals surface area contributed by atoms with Gasteiger partial charge in [0.05, 0.1) is 13.0 Å². The molecule has 0 fully saturated rings. The Kier molecular flexibility index (Phi) is 6.48. The van der Waals surface area contributed by atoms with Gasteiger partial charge in [-0.3, -0.25) is 4.79 Å². The molecule has 0 rings (SSSR count). The van der Waals surface area contributed by atoms with E-state index < -0.39 is 35.4 Å². The zero-order chi connectivity index (χ0) is 16.0. The van der Waals surface area contributed by atoms with Crippen LogP contribution in [0.25, 0.3) is 0 Å². The maximum Gasteiger partial charge on any atom is 0.408 e. The van der Waals surface area contributed by atoms with Gasteiger partial charge in [-0.1, -0.05) is 34.1 Å². The molecule has 0 spiro atoms. The van der Waals surface area contributed by atoms with Gasteiger partial charge >= 0.3 is 18.0 Å². The predicted molar refractivity (Wildman–Crippen MR) is 71.5 cm³/mol.